The minimum absolute atomic E-state index is 0.0699. The van der Waals surface area contributed by atoms with E-state index in [-0.39, 0.29) is 23.4 Å². The third kappa shape index (κ3) is 6.69. The lowest BCUT2D eigenvalue weighted by Crippen LogP contribution is -2.56. The van der Waals surface area contributed by atoms with Crippen molar-refractivity contribution in [1.29, 1.82) is 0 Å². The fourth-order valence-electron chi connectivity index (χ4n) is 4.03. The molecular formula is C25H32N4O6. The zero-order valence-electron chi connectivity index (χ0n) is 20.5. The van der Waals surface area contributed by atoms with E-state index in [0.717, 1.165) is 5.56 Å². The van der Waals surface area contributed by atoms with E-state index in [1.165, 1.54) is 20.3 Å². The van der Waals surface area contributed by atoms with Crippen molar-refractivity contribution in [3.05, 3.63) is 63.7 Å². The summed E-state index contributed by atoms with van der Waals surface area (Å²) in [5, 5.41) is 13.9. The lowest BCUT2D eigenvalue weighted by Gasteiger charge is -2.37. The summed E-state index contributed by atoms with van der Waals surface area (Å²) >= 11 is 0. The van der Waals surface area contributed by atoms with Gasteiger partial charge in [-0.2, -0.15) is 0 Å². The number of benzene rings is 2. The van der Waals surface area contributed by atoms with E-state index in [4.69, 9.17) is 9.47 Å². The van der Waals surface area contributed by atoms with Crippen LogP contribution in [0.4, 0.5) is 5.69 Å². The maximum absolute atomic E-state index is 13.3. The molecule has 10 heteroatoms. The van der Waals surface area contributed by atoms with Gasteiger partial charge in [0.25, 0.3) is 11.6 Å². The number of rotatable bonds is 9. The van der Waals surface area contributed by atoms with Crippen molar-refractivity contribution >= 4 is 17.5 Å². The smallest absolute Gasteiger partial charge is 0.269 e. The fourth-order valence-corrected chi connectivity index (χ4v) is 4.03. The highest BCUT2D eigenvalue weighted by Crippen LogP contribution is 2.23. The molecule has 1 N–H and O–H groups in total. The lowest BCUT2D eigenvalue weighted by atomic mass is 10.0. The number of piperazine rings is 1. The number of amides is 2. The predicted octanol–water partition coefficient (Wildman–Crippen LogP) is 2.71. The Morgan fingerprint density at radius 3 is 2.20 bits per heavy atom. The third-order valence-corrected chi connectivity index (χ3v) is 6.04. The average molecular weight is 485 g/mol. The van der Waals surface area contributed by atoms with Crippen LogP contribution in [0.15, 0.2) is 42.5 Å². The molecule has 3 rings (SSSR count). The van der Waals surface area contributed by atoms with E-state index in [1.54, 1.807) is 35.2 Å². The molecule has 0 spiro atoms. The molecule has 0 bridgehead atoms. The summed E-state index contributed by atoms with van der Waals surface area (Å²) in [6.07, 6.45) is 0. The van der Waals surface area contributed by atoms with E-state index < -0.39 is 11.0 Å². The van der Waals surface area contributed by atoms with Crippen LogP contribution in [0, 0.1) is 16.0 Å². The molecule has 1 unspecified atom stereocenters. The van der Waals surface area contributed by atoms with Gasteiger partial charge < -0.3 is 19.7 Å². The summed E-state index contributed by atoms with van der Waals surface area (Å²) in [6, 6.07) is 10.8. The molecule has 0 aromatic heterocycles. The minimum atomic E-state index is -0.678. The monoisotopic (exact) mass is 484 g/mol. The Balaban J connectivity index is 1.61. The number of hydrogen-bond donors (Lipinski definition) is 1. The zero-order valence-corrected chi connectivity index (χ0v) is 20.5. The number of nitro groups is 1. The molecule has 1 atom stereocenters. The van der Waals surface area contributed by atoms with Gasteiger partial charge in [0.1, 0.15) is 17.5 Å². The summed E-state index contributed by atoms with van der Waals surface area (Å²) in [7, 11) is 3.02. The Bertz CT molecular complexity index is 1040. The van der Waals surface area contributed by atoms with Crippen LogP contribution in [-0.4, -0.2) is 73.0 Å². The average Bonchev–Trinajstić information content (AvgIpc) is 2.86. The number of carbonyl (C=O) groups is 2. The number of nitrogens with zero attached hydrogens (tertiary/aromatic N) is 3. The second kappa shape index (κ2) is 11.7. The minimum Gasteiger partial charge on any atom is -0.497 e. The fraction of sp³-hybridized carbons (Fsp3) is 0.440. The first-order valence-electron chi connectivity index (χ1n) is 11.5. The topological polar surface area (TPSA) is 114 Å². The van der Waals surface area contributed by atoms with Crippen LogP contribution in [0.25, 0.3) is 0 Å². The molecule has 1 heterocycles. The Kier molecular flexibility index (Phi) is 8.64. The number of ether oxygens (including phenoxy) is 2. The van der Waals surface area contributed by atoms with Gasteiger partial charge in [0.2, 0.25) is 5.91 Å². The Morgan fingerprint density at radius 1 is 1.03 bits per heavy atom. The number of hydrogen-bond acceptors (Lipinski definition) is 7. The van der Waals surface area contributed by atoms with Crippen LogP contribution in [0.2, 0.25) is 0 Å². The molecule has 35 heavy (non-hydrogen) atoms. The molecule has 10 nitrogen and oxygen atoms in total. The highest BCUT2D eigenvalue weighted by molar-refractivity contribution is 5.98. The molecular weight excluding hydrogens is 452 g/mol. The first-order valence-corrected chi connectivity index (χ1v) is 11.5. The SMILES string of the molecule is COc1cc(OC)cc(C(=O)NC(C(=O)N2CCN(Cc3cccc([N+](=O)[O-])c3)CC2)C(C)C)c1. The first-order chi connectivity index (χ1) is 16.7. The van der Waals surface area contributed by atoms with Crippen LogP contribution >= 0.6 is 0 Å². The summed E-state index contributed by atoms with van der Waals surface area (Å²) in [5.74, 6) is 0.363. The van der Waals surface area contributed by atoms with E-state index in [9.17, 15) is 19.7 Å². The second-order valence-electron chi connectivity index (χ2n) is 8.82. The molecule has 188 valence electrons. The van der Waals surface area contributed by atoms with Crippen LogP contribution < -0.4 is 14.8 Å². The number of nitrogens with one attached hydrogen (secondary N) is 1. The molecule has 1 aliphatic heterocycles. The van der Waals surface area contributed by atoms with Crippen molar-refractivity contribution < 1.29 is 24.0 Å². The van der Waals surface area contributed by atoms with Crippen molar-refractivity contribution in [3.63, 3.8) is 0 Å². The number of carbonyl (C=O) groups excluding carboxylic acids is 2. The maximum Gasteiger partial charge on any atom is 0.269 e. The van der Waals surface area contributed by atoms with E-state index in [0.29, 0.717) is 49.8 Å². The van der Waals surface area contributed by atoms with E-state index in [2.05, 4.69) is 10.2 Å². The van der Waals surface area contributed by atoms with Gasteiger partial charge in [0.05, 0.1) is 19.1 Å². The molecule has 0 radical (unpaired) electrons. The van der Waals surface area contributed by atoms with Gasteiger partial charge in [-0.1, -0.05) is 26.0 Å². The summed E-state index contributed by atoms with van der Waals surface area (Å²) in [4.78, 5) is 40.8. The van der Waals surface area contributed by atoms with Crippen molar-refractivity contribution in [1.82, 2.24) is 15.1 Å². The Labute approximate surface area is 204 Å². The quantitative estimate of drug-likeness (QED) is 0.430. The number of non-ortho nitro benzene ring substituents is 1. The zero-order chi connectivity index (χ0) is 25.5. The van der Waals surface area contributed by atoms with Crippen molar-refractivity contribution in [2.75, 3.05) is 40.4 Å². The number of nitro benzene ring substituents is 1. The van der Waals surface area contributed by atoms with Gasteiger partial charge in [-0.25, -0.2) is 0 Å². The van der Waals surface area contributed by atoms with E-state index in [1.807, 2.05) is 19.9 Å². The summed E-state index contributed by atoms with van der Waals surface area (Å²) in [5.41, 5.74) is 1.28. The molecule has 2 aromatic carbocycles. The highest BCUT2D eigenvalue weighted by atomic mass is 16.6. The van der Waals surface area contributed by atoms with Gasteiger partial charge in [-0.15, -0.1) is 0 Å². The summed E-state index contributed by atoms with van der Waals surface area (Å²) < 4.78 is 10.5. The maximum atomic E-state index is 13.3. The van der Waals surface area contributed by atoms with Crippen LogP contribution in [0.3, 0.4) is 0 Å². The van der Waals surface area contributed by atoms with Crippen molar-refractivity contribution in [3.8, 4) is 11.5 Å². The first kappa shape index (κ1) is 26.0. The molecule has 2 amide bonds. The van der Waals surface area contributed by atoms with Crippen LogP contribution in [0.1, 0.15) is 29.8 Å². The lowest BCUT2D eigenvalue weighted by molar-refractivity contribution is -0.384. The predicted molar refractivity (Wildman–Crippen MR) is 131 cm³/mol. The summed E-state index contributed by atoms with van der Waals surface area (Å²) in [6.45, 7) is 6.67. The molecule has 1 fully saturated rings. The van der Waals surface area contributed by atoms with Gasteiger partial charge in [-0.05, 0) is 23.6 Å². The van der Waals surface area contributed by atoms with E-state index >= 15 is 0 Å². The molecule has 0 aliphatic carbocycles. The van der Waals surface area contributed by atoms with Crippen molar-refractivity contribution in [2.45, 2.75) is 26.4 Å². The van der Waals surface area contributed by atoms with Gasteiger partial charge >= 0.3 is 0 Å². The highest BCUT2D eigenvalue weighted by Gasteiger charge is 2.31. The molecule has 0 saturated carbocycles. The Morgan fingerprint density at radius 2 is 1.66 bits per heavy atom. The normalized spacial score (nSPS) is 14.9. The third-order valence-electron chi connectivity index (χ3n) is 6.04. The van der Waals surface area contributed by atoms with Gasteiger partial charge in [-0.3, -0.25) is 24.6 Å². The van der Waals surface area contributed by atoms with Gasteiger partial charge in [0.15, 0.2) is 0 Å². The van der Waals surface area contributed by atoms with Crippen LogP contribution in [0.5, 0.6) is 11.5 Å². The largest absolute Gasteiger partial charge is 0.497 e. The molecule has 2 aromatic rings. The van der Waals surface area contributed by atoms with Crippen LogP contribution in [-0.2, 0) is 11.3 Å². The number of methoxy groups -OCH3 is 2. The Hall–Kier alpha value is -3.66. The molecule has 1 aliphatic rings. The second-order valence-corrected chi connectivity index (χ2v) is 8.82. The standard InChI is InChI=1S/C25H32N4O6/c1-17(2)23(26-24(30)19-13-21(34-3)15-22(14-19)35-4)25(31)28-10-8-27(9-11-28)16-18-6-5-7-20(12-18)29(32)33/h5-7,12-15,17,23H,8-11,16H2,1-4H3,(H,26,30). The van der Waals surface area contributed by atoms with Crippen molar-refractivity contribution in [2.24, 2.45) is 5.92 Å². The van der Waals surface area contributed by atoms with Gasteiger partial charge in [0, 0.05) is 56.5 Å². The molecule has 1 saturated heterocycles.